The zero-order chi connectivity index (χ0) is 18.9. The Kier molecular flexibility index (Phi) is 8.23. The lowest BCUT2D eigenvalue weighted by molar-refractivity contribution is 0.223. The Morgan fingerprint density at radius 3 is 2.58 bits per heavy atom. The molecule has 0 amide bonds. The van der Waals surface area contributed by atoms with Crippen LogP contribution in [0.2, 0.25) is 0 Å². The van der Waals surface area contributed by atoms with Crippen molar-refractivity contribution >= 4 is 5.96 Å². The normalized spacial score (nSPS) is 19.1. The predicted molar refractivity (Wildman–Crippen MR) is 110 cm³/mol. The van der Waals surface area contributed by atoms with Gasteiger partial charge in [0, 0.05) is 32.7 Å². The highest BCUT2D eigenvalue weighted by molar-refractivity contribution is 5.80. The van der Waals surface area contributed by atoms with Crippen molar-refractivity contribution in [2.45, 2.75) is 45.6 Å². The molecule has 146 valence electrons. The number of nitrogens with one attached hydrogen (secondary N) is 1. The highest BCUT2D eigenvalue weighted by Gasteiger charge is 2.27. The van der Waals surface area contributed by atoms with Crippen LogP contribution < -0.4 is 10.1 Å². The number of methoxy groups -OCH3 is 1. The van der Waals surface area contributed by atoms with Gasteiger partial charge in [-0.3, -0.25) is 9.89 Å². The minimum absolute atomic E-state index is 0.508. The molecule has 1 aromatic carbocycles. The van der Waals surface area contributed by atoms with Gasteiger partial charge in [-0.25, -0.2) is 0 Å². The molecule has 0 spiro atoms. The van der Waals surface area contributed by atoms with Crippen LogP contribution in [-0.4, -0.2) is 68.7 Å². The molecule has 2 rings (SSSR count). The molecule has 1 aliphatic heterocycles. The van der Waals surface area contributed by atoms with Crippen molar-refractivity contribution in [3.05, 3.63) is 29.8 Å². The lowest BCUT2D eigenvalue weighted by atomic mass is 9.98. The fourth-order valence-corrected chi connectivity index (χ4v) is 3.80. The maximum atomic E-state index is 5.24. The predicted octanol–water partition coefficient (Wildman–Crippen LogP) is 3.18. The van der Waals surface area contributed by atoms with Gasteiger partial charge >= 0.3 is 0 Å². The van der Waals surface area contributed by atoms with Gasteiger partial charge in [0.2, 0.25) is 0 Å². The van der Waals surface area contributed by atoms with E-state index in [9.17, 15) is 0 Å². The van der Waals surface area contributed by atoms with E-state index >= 15 is 0 Å². The molecule has 26 heavy (non-hydrogen) atoms. The molecule has 0 bridgehead atoms. The minimum atomic E-state index is 0.508. The van der Waals surface area contributed by atoms with E-state index in [2.05, 4.69) is 53.0 Å². The van der Waals surface area contributed by atoms with Crippen LogP contribution >= 0.6 is 0 Å². The van der Waals surface area contributed by atoms with E-state index in [1.54, 1.807) is 7.11 Å². The molecule has 1 aromatic rings. The second-order valence-electron chi connectivity index (χ2n) is 7.05. The molecule has 0 aromatic heterocycles. The second-order valence-corrected chi connectivity index (χ2v) is 7.05. The summed E-state index contributed by atoms with van der Waals surface area (Å²) in [5, 5.41) is 3.56. The summed E-state index contributed by atoms with van der Waals surface area (Å²) in [6.07, 6.45) is 2.31. The van der Waals surface area contributed by atoms with Crippen LogP contribution in [0.4, 0.5) is 0 Å². The third-order valence-corrected chi connectivity index (χ3v) is 5.55. The number of hydrogen-bond acceptors (Lipinski definition) is 3. The highest BCUT2D eigenvalue weighted by Crippen LogP contribution is 2.21. The number of rotatable bonds is 8. The average Bonchev–Trinajstić information content (AvgIpc) is 3.15. The number of hydrogen-bond donors (Lipinski definition) is 1. The van der Waals surface area contributed by atoms with Crippen molar-refractivity contribution in [1.29, 1.82) is 0 Å². The van der Waals surface area contributed by atoms with Crippen LogP contribution in [0.25, 0.3) is 0 Å². The van der Waals surface area contributed by atoms with E-state index < -0.39 is 0 Å². The van der Waals surface area contributed by atoms with Gasteiger partial charge in [0.05, 0.1) is 7.11 Å². The first-order valence-corrected chi connectivity index (χ1v) is 9.96. The third kappa shape index (κ3) is 5.37. The molecule has 5 heteroatoms. The molecule has 2 atom stereocenters. The van der Waals surface area contributed by atoms with Crippen molar-refractivity contribution in [1.82, 2.24) is 15.1 Å². The largest absolute Gasteiger partial charge is 0.497 e. The molecular weight excluding hydrogens is 324 g/mol. The van der Waals surface area contributed by atoms with Crippen molar-refractivity contribution in [3.63, 3.8) is 0 Å². The first-order chi connectivity index (χ1) is 12.6. The summed E-state index contributed by atoms with van der Waals surface area (Å²) in [6, 6.07) is 9.05. The Balaban J connectivity index is 1.80. The van der Waals surface area contributed by atoms with Gasteiger partial charge in [0.15, 0.2) is 5.96 Å². The van der Waals surface area contributed by atoms with Gasteiger partial charge < -0.3 is 15.0 Å². The van der Waals surface area contributed by atoms with E-state index in [1.165, 1.54) is 12.0 Å². The summed E-state index contributed by atoms with van der Waals surface area (Å²) in [4.78, 5) is 9.46. The SMILES string of the molecule is CCN(CC)C1CCN(C(=NC)NCCC(C)c2ccc(OC)cc2)C1. The zero-order valence-electron chi connectivity index (χ0n) is 17.2. The standard InChI is InChI=1S/C21H36N4O/c1-6-24(7-2)19-13-15-25(16-19)21(22-4)23-14-12-17(3)18-8-10-20(26-5)11-9-18/h8-11,17,19H,6-7,12-16H2,1-5H3,(H,22,23). The lowest BCUT2D eigenvalue weighted by Crippen LogP contribution is -2.43. The third-order valence-electron chi connectivity index (χ3n) is 5.55. The maximum absolute atomic E-state index is 5.24. The summed E-state index contributed by atoms with van der Waals surface area (Å²) < 4.78 is 5.24. The van der Waals surface area contributed by atoms with Gasteiger partial charge in [-0.15, -0.1) is 0 Å². The van der Waals surface area contributed by atoms with E-state index in [-0.39, 0.29) is 0 Å². The lowest BCUT2D eigenvalue weighted by Gasteiger charge is -2.27. The number of aliphatic imine (C=N–C) groups is 1. The summed E-state index contributed by atoms with van der Waals surface area (Å²) in [6.45, 7) is 12.1. The summed E-state index contributed by atoms with van der Waals surface area (Å²) in [5.74, 6) is 2.46. The summed E-state index contributed by atoms with van der Waals surface area (Å²) in [7, 11) is 3.59. The van der Waals surface area contributed by atoms with Crippen molar-refractivity contribution in [3.8, 4) is 5.75 Å². The number of nitrogens with zero attached hydrogens (tertiary/aromatic N) is 3. The fraction of sp³-hybridized carbons (Fsp3) is 0.667. The van der Waals surface area contributed by atoms with Gasteiger partial charge in [-0.05, 0) is 49.5 Å². The van der Waals surface area contributed by atoms with Crippen molar-refractivity contribution in [2.24, 2.45) is 4.99 Å². The number of likely N-dealkylation sites (N-methyl/N-ethyl adjacent to an activating group) is 1. The van der Waals surface area contributed by atoms with Gasteiger partial charge in [0.25, 0.3) is 0 Å². The van der Waals surface area contributed by atoms with Crippen molar-refractivity contribution in [2.75, 3.05) is 46.9 Å². The summed E-state index contributed by atoms with van der Waals surface area (Å²) >= 11 is 0. The second kappa shape index (κ2) is 10.4. The molecular formula is C21H36N4O. The van der Waals surface area contributed by atoms with Crippen LogP contribution in [0.1, 0.15) is 45.1 Å². The first-order valence-electron chi connectivity index (χ1n) is 9.96. The van der Waals surface area contributed by atoms with E-state index in [0.717, 1.165) is 50.9 Å². The van der Waals surface area contributed by atoms with Crippen LogP contribution in [-0.2, 0) is 0 Å². The van der Waals surface area contributed by atoms with Gasteiger partial charge in [-0.2, -0.15) is 0 Å². The molecule has 0 aliphatic carbocycles. The van der Waals surface area contributed by atoms with Crippen molar-refractivity contribution < 1.29 is 4.74 Å². The topological polar surface area (TPSA) is 40.1 Å². The molecule has 1 saturated heterocycles. The highest BCUT2D eigenvalue weighted by atomic mass is 16.5. The Bertz CT molecular complexity index is 554. The Morgan fingerprint density at radius 1 is 1.31 bits per heavy atom. The Labute approximate surface area is 159 Å². The molecule has 1 fully saturated rings. The quantitative estimate of drug-likeness (QED) is 0.571. The van der Waals surface area contributed by atoms with Crippen LogP contribution in [0.15, 0.2) is 29.3 Å². The maximum Gasteiger partial charge on any atom is 0.193 e. The van der Waals surface area contributed by atoms with Crippen LogP contribution in [0.3, 0.4) is 0 Å². The Hall–Kier alpha value is -1.75. The van der Waals surface area contributed by atoms with E-state index in [1.807, 2.05) is 19.2 Å². The molecule has 0 radical (unpaired) electrons. The molecule has 0 saturated carbocycles. The molecule has 2 unspecified atom stereocenters. The number of likely N-dealkylation sites (tertiary alicyclic amines) is 1. The Morgan fingerprint density at radius 2 is 2.00 bits per heavy atom. The van der Waals surface area contributed by atoms with Crippen LogP contribution in [0, 0.1) is 0 Å². The monoisotopic (exact) mass is 360 g/mol. The number of benzene rings is 1. The van der Waals surface area contributed by atoms with Gasteiger partial charge in [0.1, 0.15) is 5.75 Å². The molecule has 5 nitrogen and oxygen atoms in total. The smallest absolute Gasteiger partial charge is 0.193 e. The molecule has 1 heterocycles. The van der Waals surface area contributed by atoms with Gasteiger partial charge in [-0.1, -0.05) is 32.9 Å². The fourth-order valence-electron chi connectivity index (χ4n) is 3.80. The first kappa shape index (κ1) is 20.6. The number of ether oxygens (including phenoxy) is 1. The van der Waals surface area contributed by atoms with E-state index in [0.29, 0.717) is 12.0 Å². The number of guanidine groups is 1. The molecule has 1 N–H and O–H groups in total. The van der Waals surface area contributed by atoms with E-state index in [4.69, 9.17) is 4.74 Å². The zero-order valence-corrected chi connectivity index (χ0v) is 17.2. The summed E-state index contributed by atoms with van der Waals surface area (Å²) in [5.41, 5.74) is 1.35. The minimum Gasteiger partial charge on any atom is -0.497 e. The average molecular weight is 361 g/mol. The molecule has 1 aliphatic rings. The van der Waals surface area contributed by atoms with Crippen LogP contribution in [0.5, 0.6) is 5.75 Å².